The van der Waals surface area contributed by atoms with Crippen LogP contribution in [-0.4, -0.2) is 27.1 Å². The molecule has 14 heteroatoms. The Bertz CT molecular complexity index is 788. The van der Waals surface area contributed by atoms with Crippen LogP contribution >= 0.6 is 23.5 Å². The van der Waals surface area contributed by atoms with Crippen molar-refractivity contribution in [2.75, 3.05) is 13.2 Å². The van der Waals surface area contributed by atoms with E-state index in [-0.39, 0.29) is 4.47 Å². The molecule has 1 aromatic rings. The average Bonchev–Trinajstić information content (AvgIpc) is 2.48. The topological polar surface area (TPSA) is 78.9 Å². The number of benzene rings is 1. The fourth-order valence-corrected chi connectivity index (χ4v) is 4.31. The zero-order valence-corrected chi connectivity index (χ0v) is 16.5. The van der Waals surface area contributed by atoms with Crippen LogP contribution in [0.3, 0.4) is 0 Å². The summed E-state index contributed by atoms with van der Waals surface area (Å²) in [6.45, 7) is 1.77. The molecule has 1 rings (SSSR count). The largest absolute Gasteiger partial charge is 0.534 e. The number of alkyl halides is 5. The van der Waals surface area contributed by atoms with Gasteiger partial charge in [-0.2, -0.15) is 30.4 Å². The molecule has 0 aliphatic rings. The second-order valence-corrected chi connectivity index (χ2v) is 8.96. The molecule has 0 aromatic heterocycles. The van der Waals surface area contributed by atoms with Crippen molar-refractivity contribution in [3.05, 3.63) is 28.2 Å². The van der Waals surface area contributed by atoms with Gasteiger partial charge in [0.2, 0.25) is 0 Å². The van der Waals surface area contributed by atoms with Crippen molar-refractivity contribution in [3.63, 3.8) is 0 Å². The third-order valence-electron chi connectivity index (χ3n) is 2.69. The van der Waals surface area contributed by atoms with E-state index >= 15 is 0 Å². The molecule has 0 radical (unpaired) electrons. The second kappa shape index (κ2) is 8.09. The predicted molar refractivity (Wildman–Crippen MR) is 84.5 cm³/mol. The Balaban J connectivity index is 3.43. The van der Waals surface area contributed by atoms with E-state index < -0.39 is 53.4 Å². The monoisotopic (exact) mass is 490 g/mol. The van der Waals surface area contributed by atoms with Crippen LogP contribution in [0.2, 0.25) is 0 Å². The van der Waals surface area contributed by atoms with E-state index in [1.165, 1.54) is 13.8 Å². The molecule has 26 heavy (non-hydrogen) atoms. The maximum Gasteiger partial charge on any atom is 0.534 e. The van der Waals surface area contributed by atoms with Crippen LogP contribution in [0.4, 0.5) is 22.0 Å². The summed E-state index contributed by atoms with van der Waals surface area (Å²) in [6, 6.07) is 1.82. The predicted octanol–water partition coefficient (Wildman–Crippen LogP) is 4.99. The van der Waals surface area contributed by atoms with Crippen molar-refractivity contribution in [2.24, 2.45) is 0 Å². The van der Waals surface area contributed by atoms with Crippen LogP contribution in [0.15, 0.2) is 22.7 Å². The summed E-state index contributed by atoms with van der Waals surface area (Å²) in [7, 11) is -11.1. The minimum absolute atomic E-state index is 0.304. The van der Waals surface area contributed by atoms with Crippen LogP contribution in [0.5, 0.6) is 5.75 Å². The molecule has 0 saturated heterocycles. The fourth-order valence-electron chi connectivity index (χ4n) is 1.65. The maximum atomic E-state index is 14.7. The zero-order chi connectivity index (χ0) is 20.4. The van der Waals surface area contributed by atoms with Crippen LogP contribution < -0.4 is 4.18 Å². The van der Waals surface area contributed by atoms with Gasteiger partial charge < -0.3 is 13.2 Å². The first-order valence-corrected chi connectivity index (χ1v) is 10.5. The second-order valence-electron chi connectivity index (χ2n) is 4.50. The lowest BCUT2D eigenvalue weighted by molar-refractivity contribution is -0.0500. The normalized spacial score (nSPS) is 13.7. The van der Waals surface area contributed by atoms with E-state index in [2.05, 4.69) is 29.2 Å². The van der Waals surface area contributed by atoms with Gasteiger partial charge in [0, 0.05) is 4.47 Å². The maximum absolute atomic E-state index is 14.7. The number of hydrogen-bond acceptors (Lipinski definition) is 6. The van der Waals surface area contributed by atoms with E-state index in [1.807, 2.05) is 0 Å². The van der Waals surface area contributed by atoms with Crippen molar-refractivity contribution in [1.29, 1.82) is 0 Å². The van der Waals surface area contributed by atoms with Gasteiger partial charge in [-0.25, -0.2) is 0 Å². The third-order valence-corrected chi connectivity index (χ3v) is 6.49. The van der Waals surface area contributed by atoms with Crippen LogP contribution in [0.1, 0.15) is 19.4 Å². The molecule has 150 valence electrons. The zero-order valence-electron chi connectivity index (χ0n) is 13.2. The smallest absolute Gasteiger partial charge is 0.376 e. The van der Waals surface area contributed by atoms with Crippen molar-refractivity contribution < 1.29 is 48.2 Å². The highest BCUT2D eigenvalue weighted by Crippen LogP contribution is 2.67. The van der Waals surface area contributed by atoms with E-state index in [4.69, 9.17) is 0 Å². The minimum atomic E-state index is -6.07. The van der Waals surface area contributed by atoms with E-state index in [1.54, 1.807) is 0 Å². The van der Waals surface area contributed by atoms with Crippen molar-refractivity contribution >= 4 is 33.6 Å². The van der Waals surface area contributed by atoms with Crippen LogP contribution in [0, 0.1) is 0 Å². The Labute approximate surface area is 154 Å². The lowest BCUT2D eigenvalue weighted by Crippen LogP contribution is -2.28. The van der Waals surface area contributed by atoms with Gasteiger partial charge in [-0.3, -0.25) is 4.57 Å². The number of hydrogen-bond donors (Lipinski definition) is 0. The Hall–Kier alpha value is -0.750. The molecule has 0 aliphatic carbocycles. The lowest BCUT2D eigenvalue weighted by atomic mass is 10.2. The van der Waals surface area contributed by atoms with Crippen LogP contribution in [0.25, 0.3) is 0 Å². The molecule has 1 aromatic carbocycles. The van der Waals surface area contributed by atoms with Crippen molar-refractivity contribution in [2.45, 2.75) is 25.0 Å². The first kappa shape index (κ1) is 23.3. The molecule has 0 N–H and O–H groups in total. The highest BCUT2D eigenvalue weighted by molar-refractivity contribution is 9.10. The lowest BCUT2D eigenvalue weighted by Gasteiger charge is -2.26. The summed E-state index contributed by atoms with van der Waals surface area (Å²) in [5.74, 6) is -1.06. The van der Waals surface area contributed by atoms with Gasteiger partial charge in [0.25, 0.3) is 0 Å². The highest BCUT2D eigenvalue weighted by atomic mass is 79.9. The quantitative estimate of drug-likeness (QED) is 0.221. The molecule has 6 nitrogen and oxygen atoms in total. The molecule has 0 amide bonds. The van der Waals surface area contributed by atoms with Crippen molar-refractivity contribution in [1.82, 2.24) is 0 Å². The molecule has 0 aliphatic heterocycles. The summed E-state index contributed by atoms with van der Waals surface area (Å²) in [4.78, 5) is 0. The summed E-state index contributed by atoms with van der Waals surface area (Å²) in [5.41, 5.74) is -11.2. The average molecular weight is 491 g/mol. The molecule has 0 heterocycles. The van der Waals surface area contributed by atoms with E-state index in [9.17, 15) is 34.9 Å². The summed E-state index contributed by atoms with van der Waals surface area (Å²) >= 11 is 2.74. The number of rotatable bonds is 8. The van der Waals surface area contributed by atoms with Gasteiger partial charge >= 0.3 is 28.9 Å². The number of halogens is 6. The van der Waals surface area contributed by atoms with Gasteiger partial charge in [0.1, 0.15) is 5.75 Å². The molecular formula is C12H13BrF5O6PS. The van der Waals surface area contributed by atoms with Gasteiger partial charge in [-0.05, 0) is 32.0 Å². The minimum Gasteiger partial charge on any atom is -0.376 e. The molecule has 0 bridgehead atoms. The Kier molecular flexibility index (Phi) is 7.25. The Morgan fingerprint density at radius 2 is 1.58 bits per heavy atom. The summed E-state index contributed by atoms with van der Waals surface area (Å²) in [6.07, 6.45) is 0. The van der Waals surface area contributed by atoms with Gasteiger partial charge in [-0.1, -0.05) is 15.9 Å². The molecule has 0 unspecified atom stereocenters. The van der Waals surface area contributed by atoms with Gasteiger partial charge in [0.15, 0.2) is 0 Å². The molecular weight excluding hydrogens is 478 g/mol. The van der Waals surface area contributed by atoms with Crippen molar-refractivity contribution in [3.8, 4) is 5.75 Å². The SMILES string of the molecule is CCOP(=O)(OCC)C(F)(F)c1cc(OS(=O)(=O)C(F)(F)F)ccc1Br. The highest BCUT2D eigenvalue weighted by Gasteiger charge is 2.56. The molecule has 0 atom stereocenters. The first-order chi connectivity index (χ1) is 11.7. The third kappa shape index (κ3) is 4.75. The molecule has 0 spiro atoms. The van der Waals surface area contributed by atoms with E-state index in [0.717, 1.165) is 6.07 Å². The van der Waals surface area contributed by atoms with E-state index in [0.29, 0.717) is 12.1 Å². The standard InChI is InChI=1S/C12H13BrF5O6PS/c1-3-22-25(19,23-4-2)11(14,15)9-7-8(5-6-10(9)13)24-26(20,21)12(16,17)18/h5-7H,3-4H2,1-2H3. The Morgan fingerprint density at radius 3 is 2.00 bits per heavy atom. The summed E-state index contributed by atoms with van der Waals surface area (Å²) in [5, 5.41) is 0. The molecule has 0 saturated carbocycles. The first-order valence-electron chi connectivity index (χ1n) is 6.79. The summed E-state index contributed by atoms with van der Waals surface area (Å²) < 4.78 is 114. The fraction of sp³-hybridized carbons (Fsp3) is 0.500. The Morgan fingerprint density at radius 1 is 1.08 bits per heavy atom. The van der Waals surface area contributed by atoms with Crippen LogP contribution in [-0.2, 0) is 29.4 Å². The van der Waals surface area contributed by atoms with Gasteiger partial charge in [0.05, 0.1) is 18.8 Å². The molecule has 0 fully saturated rings. The van der Waals surface area contributed by atoms with Gasteiger partial charge in [-0.15, -0.1) is 0 Å².